The summed E-state index contributed by atoms with van der Waals surface area (Å²) in [4.78, 5) is 38.4. The van der Waals surface area contributed by atoms with Crippen molar-refractivity contribution in [3.05, 3.63) is 38.8 Å². The van der Waals surface area contributed by atoms with Crippen LogP contribution in [-0.4, -0.2) is 45.0 Å². The molecule has 176 valence electrons. The molecule has 0 aliphatic carbocycles. The van der Waals surface area contributed by atoms with Crippen LogP contribution in [0.5, 0.6) is 11.5 Å². The van der Waals surface area contributed by atoms with Crippen LogP contribution >= 0.6 is 34.8 Å². The smallest absolute Gasteiger partial charge is 0.305 e. The van der Waals surface area contributed by atoms with E-state index in [1.165, 1.54) is 25.3 Å². The second-order valence-corrected chi connectivity index (χ2v) is 8.56. The normalized spacial score (nSPS) is 15.2. The van der Waals surface area contributed by atoms with E-state index in [0.29, 0.717) is 5.69 Å². The van der Waals surface area contributed by atoms with Crippen molar-refractivity contribution in [2.75, 3.05) is 37.2 Å². The number of fused-ring (bicyclic) bond motifs is 1. The number of nitrogens with one attached hydrogen (secondary N) is 2. The number of amides is 2. The lowest BCUT2D eigenvalue weighted by Crippen LogP contribution is -2.41. The molecule has 1 aliphatic heterocycles. The van der Waals surface area contributed by atoms with Gasteiger partial charge in [0.15, 0.2) is 5.75 Å². The molecular formula is C21H21Cl3N4O5. The molecule has 1 atom stereocenters. The second kappa shape index (κ2) is 9.94. The van der Waals surface area contributed by atoms with Crippen molar-refractivity contribution in [1.82, 2.24) is 5.32 Å². The van der Waals surface area contributed by atoms with Gasteiger partial charge in [0.25, 0.3) is 5.91 Å². The molecule has 3 rings (SSSR count). The molecule has 2 amide bonds. The number of halogens is 3. The van der Waals surface area contributed by atoms with E-state index >= 15 is 0 Å². The number of hydrogen-bond donors (Lipinski definition) is 3. The number of carbonyl (C=O) groups is 3. The molecule has 0 saturated carbocycles. The molecule has 0 unspecified atom stereocenters. The van der Waals surface area contributed by atoms with Crippen LogP contribution in [0, 0.1) is 0 Å². The number of carbonyl (C=O) groups excluding carboxylic acids is 3. The van der Waals surface area contributed by atoms with Crippen LogP contribution < -0.4 is 26.0 Å². The molecule has 0 aromatic heterocycles. The minimum atomic E-state index is -0.929. The Kier molecular flexibility index (Phi) is 7.46. The first-order valence-corrected chi connectivity index (χ1v) is 10.8. The maximum atomic E-state index is 12.8. The third-order valence-electron chi connectivity index (χ3n) is 4.91. The van der Waals surface area contributed by atoms with Gasteiger partial charge in [-0.2, -0.15) is 0 Å². The van der Waals surface area contributed by atoms with Crippen LogP contribution in [-0.2, 0) is 14.3 Å². The van der Waals surface area contributed by atoms with Crippen molar-refractivity contribution in [2.45, 2.75) is 18.9 Å². The fourth-order valence-electron chi connectivity index (χ4n) is 3.22. The molecule has 0 fully saturated rings. The molecule has 0 spiro atoms. The number of nitrogens with two attached hydrogens (primary N) is 1. The van der Waals surface area contributed by atoms with Gasteiger partial charge in [-0.05, 0) is 18.6 Å². The maximum absolute atomic E-state index is 12.8. The monoisotopic (exact) mass is 514 g/mol. The van der Waals surface area contributed by atoms with Gasteiger partial charge in [-0.15, -0.1) is 0 Å². The maximum Gasteiger partial charge on any atom is 0.305 e. The molecule has 0 bridgehead atoms. The first-order valence-electron chi connectivity index (χ1n) is 9.68. The Hall–Kier alpha value is -2.88. The van der Waals surface area contributed by atoms with Gasteiger partial charge in [0.1, 0.15) is 16.8 Å². The zero-order chi connectivity index (χ0) is 24.4. The first kappa shape index (κ1) is 24.8. The Labute approximate surface area is 205 Å². The van der Waals surface area contributed by atoms with Crippen LogP contribution in [0.4, 0.5) is 17.1 Å². The van der Waals surface area contributed by atoms with Crippen molar-refractivity contribution >= 4 is 69.6 Å². The summed E-state index contributed by atoms with van der Waals surface area (Å²) in [6, 6.07) is 3.30. The highest BCUT2D eigenvalue weighted by molar-refractivity contribution is 6.46. The number of esters is 1. The zero-order valence-corrected chi connectivity index (χ0v) is 20.2. The third-order valence-corrected chi connectivity index (χ3v) is 6.05. The SMILES string of the molecule is COC(=O)CC[C@H]1NC(=O)c2cc(Oc3cc(Cl)c(Cl)c(N(C)C)c3Cl)c(N)cc2NC1=O. The molecule has 12 heteroatoms. The lowest BCUT2D eigenvalue weighted by atomic mass is 10.1. The average molecular weight is 516 g/mol. The van der Waals surface area contributed by atoms with Gasteiger partial charge < -0.3 is 30.7 Å². The van der Waals surface area contributed by atoms with Crippen molar-refractivity contribution in [1.29, 1.82) is 0 Å². The van der Waals surface area contributed by atoms with Crippen LogP contribution in [0.1, 0.15) is 23.2 Å². The molecule has 2 aromatic carbocycles. The van der Waals surface area contributed by atoms with E-state index in [-0.39, 0.29) is 56.3 Å². The summed E-state index contributed by atoms with van der Waals surface area (Å²) >= 11 is 18.9. The minimum Gasteiger partial charge on any atom is -0.469 e. The summed E-state index contributed by atoms with van der Waals surface area (Å²) < 4.78 is 10.5. The Morgan fingerprint density at radius 1 is 1.12 bits per heavy atom. The van der Waals surface area contributed by atoms with E-state index in [2.05, 4.69) is 15.4 Å². The number of nitrogens with zero attached hydrogens (tertiary/aromatic N) is 1. The topological polar surface area (TPSA) is 123 Å². The summed E-state index contributed by atoms with van der Waals surface area (Å²) in [5.74, 6) is -1.22. The Balaban J connectivity index is 1.94. The van der Waals surface area contributed by atoms with Gasteiger partial charge in [0.05, 0.1) is 39.8 Å². The van der Waals surface area contributed by atoms with Gasteiger partial charge >= 0.3 is 5.97 Å². The lowest BCUT2D eigenvalue weighted by Gasteiger charge is -2.20. The molecule has 9 nitrogen and oxygen atoms in total. The number of ether oxygens (including phenoxy) is 2. The van der Waals surface area contributed by atoms with E-state index in [1.54, 1.807) is 19.0 Å². The number of nitrogen functional groups attached to an aromatic ring is 1. The van der Waals surface area contributed by atoms with Crippen molar-refractivity contribution in [2.24, 2.45) is 0 Å². The van der Waals surface area contributed by atoms with E-state index in [4.69, 9.17) is 45.3 Å². The summed E-state index contributed by atoms with van der Waals surface area (Å²) in [6.45, 7) is 0. The quantitative estimate of drug-likeness (QED) is 0.301. The highest BCUT2D eigenvalue weighted by Crippen LogP contribution is 2.46. The van der Waals surface area contributed by atoms with Crippen molar-refractivity contribution in [3.8, 4) is 11.5 Å². The molecular weight excluding hydrogens is 495 g/mol. The summed E-state index contributed by atoms with van der Waals surface area (Å²) in [5, 5.41) is 5.92. The predicted octanol–water partition coefficient (Wildman–Crippen LogP) is 4.09. The van der Waals surface area contributed by atoms with Crippen LogP contribution in [0.25, 0.3) is 0 Å². The molecule has 1 heterocycles. The van der Waals surface area contributed by atoms with Crippen LogP contribution in [0.15, 0.2) is 18.2 Å². The third kappa shape index (κ3) is 5.21. The van der Waals surface area contributed by atoms with E-state index in [0.717, 1.165) is 0 Å². The van der Waals surface area contributed by atoms with Crippen molar-refractivity contribution in [3.63, 3.8) is 0 Å². The number of methoxy groups -OCH3 is 1. The number of anilines is 3. The van der Waals surface area contributed by atoms with Gasteiger partial charge in [0.2, 0.25) is 5.91 Å². The Morgan fingerprint density at radius 2 is 1.82 bits per heavy atom. The fourth-order valence-corrected chi connectivity index (χ4v) is 4.13. The van der Waals surface area contributed by atoms with Gasteiger partial charge in [0, 0.05) is 26.6 Å². The van der Waals surface area contributed by atoms with E-state index in [9.17, 15) is 14.4 Å². The van der Waals surface area contributed by atoms with Gasteiger partial charge in [-0.25, -0.2) is 0 Å². The minimum absolute atomic E-state index is 0.0360. The molecule has 33 heavy (non-hydrogen) atoms. The molecule has 1 aliphatic rings. The van der Waals surface area contributed by atoms with Crippen LogP contribution in [0.3, 0.4) is 0 Å². The van der Waals surface area contributed by atoms with Crippen molar-refractivity contribution < 1.29 is 23.9 Å². The molecule has 0 saturated heterocycles. The number of rotatable bonds is 6. The Morgan fingerprint density at radius 3 is 2.45 bits per heavy atom. The highest BCUT2D eigenvalue weighted by atomic mass is 35.5. The zero-order valence-electron chi connectivity index (χ0n) is 17.9. The summed E-state index contributed by atoms with van der Waals surface area (Å²) in [6.07, 6.45) is 0.0367. The molecule has 2 aromatic rings. The van der Waals surface area contributed by atoms with Gasteiger partial charge in [-0.1, -0.05) is 34.8 Å². The standard InChI is InChI=1S/C21H21Cl3N4O5/c1-28(2)19-17(23)10(22)7-15(18(19)24)33-14-6-9-13(8-11(14)25)27-21(31)12(26-20(9)30)4-5-16(29)32-3/h6-8,12H,4-5,25H2,1-3H3,(H,26,30)(H,27,31)/t12-/m1/s1. The summed E-state index contributed by atoms with van der Waals surface area (Å²) in [7, 11) is 4.73. The van der Waals surface area contributed by atoms with Gasteiger partial charge in [-0.3, -0.25) is 14.4 Å². The predicted molar refractivity (Wildman–Crippen MR) is 128 cm³/mol. The molecule has 0 radical (unpaired) electrons. The second-order valence-electron chi connectivity index (χ2n) is 7.40. The summed E-state index contributed by atoms with van der Waals surface area (Å²) in [5.41, 5.74) is 7.04. The number of hydrogen-bond acceptors (Lipinski definition) is 7. The fraction of sp³-hybridized carbons (Fsp3) is 0.286. The first-order chi connectivity index (χ1) is 15.5. The Bertz CT molecular complexity index is 1140. The van der Waals surface area contributed by atoms with Crippen LogP contribution in [0.2, 0.25) is 15.1 Å². The largest absolute Gasteiger partial charge is 0.469 e. The lowest BCUT2D eigenvalue weighted by molar-refractivity contribution is -0.140. The highest BCUT2D eigenvalue weighted by Gasteiger charge is 2.29. The average Bonchev–Trinajstić information content (AvgIpc) is 2.86. The van der Waals surface area contributed by atoms with E-state index < -0.39 is 23.8 Å². The molecule has 4 N–H and O–H groups in total. The number of benzene rings is 2. The van der Waals surface area contributed by atoms with E-state index in [1.807, 2.05) is 0 Å².